The van der Waals surface area contributed by atoms with Gasteiger partial charge in [0.05, 0.1) is 6.10 Å². The molecule has 3 rings (SSSR count). The summed E-state index contributed by atoms with van der Waals surface area (Å²) in [6.45, 7) is 1.68. The third kappa shape index (κ3) is 2.60. The van der Waals surface area contributed by atoms with Gasteiger partial charge in [-0.1, -0.05) is 30.7 Å². The molecule has 2 aliphatic rings. The highest BCUT2D eigenvalue weighted by molar-refractivity contribution is 5.27. The van der Waals surface area contributed by atoms with Crippen LogP contribution in [0.15, 0.2) is 24.3 Å². The van der Waals surface area contributed by atoms with Gasteiger partial charge in [0.15, 0.2) is 0 Å². The molecule has 1 saturated heterocycles. The van der Waals surface area contributed by atoms with Gasteiger partial charge in [-0.25, -0.2) is 0 Å². The molecule has 1 saturated carbocycles. The minimum absolute atomic E-state index is 0.327. The lowest BCUT2D eigenvalue weighted by Gasteiger charge is -2.26. The van der Waals surface area contributed by atoms with Crippen molar-refractivity contribution in [3.05, 3.63) is 35.4 Å². The smallest absolute Gasteiger partial charge is 0.0793 e. The Bertz CT molecular complexity index is 375. The lowest BCUT2D eigenvalue weighted by atomic mass is 9.80. The van der Waals surface area contributed by atoms with E-state index in [0.717, 1.165) is 37.5 Å². The zero-order valence-corrected chi connectivity index (χ0v) is 10.8. The Balaban J connectivity index is 1.60. The Hall–Kier alpha value is -0.860. The van der Waals surface area contributed by atoms with Crippen LogP contribution < -0.4 is 0 Å². The van der Waals surface area contributed by atoms with Crippen molar-refractivity contribution in [1.29, 1.82) is 0 Å². The number of ether oxygens (including phenoxy) is 1. The molecule has 1 heterocycles. The fourth-order valence-electron chi connectivity index (χ4n) is 2.95. The van der Waals surface area contributed by atoms with Crippen molar-refractivity contribution < 1.29 is 9.84 Å². The molecule has 1 N–H and O–H groups in total. The summed E-state index contributed by atoms with van der Waals surface area (Å²) in [4.78, 5) is 0. The Morgan fingerprint density at radius 2 is 1.94 bits per heavy atom. The summed E-state index contributed by atoms with van der Waals surface area (Å²) in [7, 11) is 0. The van der Waals surface area contributed by atoms with Crippen LogP contribution in [0.4, 0.5) is 0 Å². The van der Waals surface area contributed by atoms with Crippen LogP contribution in [0.5, 0.6) is 0 Å². The maximum Gasteiger partial charge on any atom is 0.0793 e. The first-order valence-corrected chi connectivity index (χ1v) is 7.18. The second-order valence-electron chi connectivity index (χ2n) is 5.78. The summed E-state index contributed by atoms with van der Waals surface area (Å²) in [5, 5.41) is 10.2. The molecule has 1 aromatic carbocycles. The molecular formula is C16H22O2. The molecule has 0 radical (unpaired) electrons. The van der Waals surface area contributed by atoms with Crippen LogP contribution in [0, 0.1) is 5.92 Å². The third-order valence-corrected chi connectivity index (χ3v) is 4.48. The van der Waals surface area contributed by atoms with Gasteiger partial charge in [-0.3, -0.25) is 0 Å². The normalized spacial score (nSPS) is 25.9. The number of rotatable bonds is 4. The monoisotopic (exact) mass is 246 g/mol. The maximum absolute atomic E-state index is 10.2. The first-order chi connectivity index (χ1) is 8.83. The van der Waals surface area contributed by atoms with Gasteiger partial charge in [0.25, 0.3) is 0 Å². The summed E-state index contributed by atoms with van der Waals surface area (Å²) in [5.41, 5.74) is 2.51. The van der Waals surface area contributed by atoms with E-state index in [-0.39, 0.29) is 6.10 Å². The van der Waals surface area contributed by atoms with Crippen molar-refractivity contribution in [3.63, 3.8) is 0 Å². The van der Waals surface area contributed by atoms with E-state index in [2.05, 4.69) is 24.3 Å². The standard InChI is InChI=1S/C16H22O2/c17-16(10-12-8-9-18-11-12)15-6-4-14(5-7-15)13-2-1-3-13/h4-7,12-13,16-17H,1-3,8-11H2. The molecular weight excluding hydrogens is 224 g/mol. The molecule has 2 fully saturated rings. The Morgan fingerprint density at radius 1 is 1.17 bits per heavy atom. The molecule has 2 atom stereocenters. The van der Waals surface area contributed by atoms with E-state index in [9.17, 15) is 5.11 Å². The average molecular weight is 246 g/mol. The van der Waals surface area contributed by atoms with E-state index < -0.39 is 0 Å². The van der Waals surface area contributed by atoms with Crippen molar-refractivity contribution in [1.82, 2.24) is 0 Å². The molecule has 2 unspecified atom stereocenters. The molecule has 1 aliphatic heterocycles. The SMILES string of the molecule is OC(CC1CCOC1)c1ccc(C2CCC2)cc1. The van der Waals surface area contributed by atoms with Gasteiger partial charge in [0.2, 0.25) is 0 Å². The van der Waals surface area contributed by atoms with Crippen LogP contribution in [0.25, 0.3) is 0 Å². The third-order valence-electron chi connectivity index (χ3n) is 4.48. The molecule has 0 aromatic heterocycles. The van der Waals surface area contributed by atoms with Crippen molar-refractivity contribution in [2.75, 3.05) is 13.2 Å². The predicted octanol–water partition coefficient (Wildman–Crippen LogP) is 3.41. The van der Waals surface area contributed by atoms with Gasteiger partial charge in [-0.15, -0.1) is 0 Å². The fourth-order valence-corrected chi connectivity index (χ4v) is 2.95. The second-order valence-corrected chi connectivity index (χ2v) is 5.78. The Kier molecular flexibility index (Phi) is 3.67. The molecule has 2 heteroatoms. The molecule has 2 nitrogen and oxygen atoms in total. The van der Waals surface area contributed by atoms with Gasteiger partial charge in [-0.2, -0.15) is 0 Å². The summed E-state index contributed by atoms with van der Waals surface area (Å²) in [5.74, 6) is 1.31. The van der Waals surface area contributed by atoms with E-state index in [1.54, 1.807) is 0 Å². The summed E-state index contributed by atoms with van der Waals surface area (Å²) in [6.07, 6.45) is 5.64. The van der Waals surface area contributed by atoms with Gasteiger partial charge in [0.1, 0.15) is 0 Å². The average Bonchev–Trinajstić information content (AvgIpc) is 2.80. The van der Waals surface area contributed by atoms with Gasteiger partial charge in [-0.05, 0) is 48.6 Å². The number of hydrogen-bond donors (Lipinski definition) is 1. The molecule has 0 bridgehead atoms. The summed E-state index contributed by atoms with van der Waals surface area (Å²) in [6, 6.07) is 8.61. The number of aliphatic hydroxyl groups is 1. The zero-order valence-electron chi connectivity index (χ0n) is 10.8. The Labute approximate surface area is 109 Å². The summed E-state index contributed by atoms with van der Waals surface area (Å²) < 4.78 is 5.36. The molecule has 98 valence electrons. The van der Waals surface area contributed by atoms with E-state index in [1.807, 2.05) is 0 Å². The number of benzene rings is 1. The van der Waals surface area contributed by atoms with E-state index in [0.29, 0.717) is 5.92 Å². The van der Waals surface area contributed by atoms with Crippen LogP contribution in [0.2, 0.25) is 0 Å². The first kappa shape index (κ1) is 12.2. The van der Waals surface area contributed by atoms with Gasteiger partial charge < -0.3 is 9.84 Å². The molecule has 0 spiro atoms. The topological polar surface area (TPSA) is 29.5 Å². The second kappa shape index (κ2) is 5.41. The van der Waals surface area contributed by atoms with Crippen LogP contribution >= 0.6 is 0 Å². The molecule has 0 amide bonds. The van der Waals surface area contributed by atoms with Crippen LogP contribution in [0.3, 0.4) is 0 Å². The fraction of sp³-hybridized carbons (Fsp3) is 0.625. The van der Waals surface area contributed by atoms with Crippen LogP contribution in [0.1, 0.15) is 55.3 Å². The highest BCUT2D eigenvalue weighted by Gasteiger charge is 2.22. The van der Waals surface area contributed by atoms with Crippen LogP contribution in [-0.4, -0.2) is 18.3 Å². The van der Waals surface area contributed by atoms with Crippen LogP contribution in [-0.2, 0) is 4.74 Å². The van der Waals surface area contributed by atoms with Crippen molar-refractivity contribution in [3.8, 4) is 0 Å². The van der Waals surface area contributed by atoms with Gasteiger partial charge in [0, 0.05) is 13.2 Å². The van der Waals surface area contributed by atoms with Crippen molar-refractivity contribution in [2.45, 2.75) is 44.1 Å². The largest absolute Gasteiger partial charge is 0.388 e. The minimum atomic E-state index is -0.327. The van der Waals surface area contributed by atoms with Crippen molar-refractivity contribution in [2.24, 2.45) is 5.92 Å². The quantitative estimate of drug-likeness (QED) is 0.882. The number of hydrogen-bond acceptors (Lipinski definition) is 2. The lowest BCUT2D eigenvalue weighted by molar-refractivity contribution is 0.129. The van der Waals surface area contributed by atoms with E-state index >= 15 is 0 Å². The maximum atomic E-state index is 10.2. The number of aliphatic hydroxyl groups excluding tert-OH is 1. The van der Waals surface area contributed by atoms with Gasteiger partial charge >= 0.3 is 0 Å². The van der Waals surface area contributed by atoms with Crippen molar-refractivity contribution >= 4 is 0 Å². The molecule has 1 aromatic rings. The minimum Gasteiger partial charge on any atom is -0.388 e. The predicted molar refractivity (Wildman–Crippen MR) is 71.5 cm³/mol. The van der Waals surface area contributed by atoms with E-state index in [4.69, 9.17) is 4.74 Å². The highest BCUT2D eigenvalue weighted by Crippen LogP contribution is 2.37. The lowest BCUT2D eigenvalue weighted by Crippen LogP contribution is -2.10. The highest BCUT2D eigenvalue weighted by atomic mass is 16.5. The first-order valence-electron chi connectivity index (χ1n) is 7.18. The van der Waals surface area contributed by atoms with E-state index in [1.165, 1.54) is 24.8 Å². The zero-order chi connectivity index (χ0) is 12.4. The summed E-state index contributed by atoms with van der Waals surface area (Å²) >= 11 is 0. The molecule has 1 aliphatic carbocycles. The molecule has 18 heavy (non-hydrogen) atoms. The Morgan fingerprint density at radius 3 is 2.50 bits per heavy atom.